The fraction of sp³-hybridized carbons (Fsp3) is 0.0625. The van der Waals surface area contributed by atoms with Crippen molar-refractivity contribution in [3.05, 3.63) is 58.3 Å². The molecule has 0 saturated heterocycles. The average molecular weight is 328 g/mol. The third-order valence-corrected chi connectivity index (χ3v) is 3.38. The van der Waals surface area contributed by atoms with Crippen LogP contribution in [0.15, 0.2) is 47.1 Å². The first-order valence-electron chi connectivity index (χ1n) is 6.88. The summed E-state index contributed by atoms with van der Waals surface area (Å²) in [6.45, 7) is 0. The van der Waals surface area contributed by atoms with Crippen molar-refractivity contribution in [3.8, 4) is 11.5 Å². The number of anilines is 1. The number of hydrogen-bond acceptors (Lipinski definition) is 6. The zero-order valence-electron chi connectivity index (χ0n) is 12.3. The number of aliphatic carboxylic acids is 1. The molecular formula is C16H12N2O6. The van der Waals surface area contributed by atoms with Crippen LogP contribution >= 0.6 is 0 Å². The van der Waals surface area contributed by atoms with Crippen molar-refractivity contribution in [2.45, 2.75) is 6.42 Å². The molecule has 0 aliphatic carbocycles. The Morgan fingerprint density at radius 2 is 2.08 bits per heavy atom. The minimum atomic E-state index is -0.962. The van der Waals surface area contributed by atoms with Crippen LogP contribution in [0.2, 0.25) is 0 Å². The largest absolute Gasteiger partial charge is 0.481 e. The van der Waals surface area contributed by atoms with Gasteiger partial charge in [0.2, 0.25) is 5.75 Å². The first-order chi connectivity index (χ1) is 11.4. The molecule has 8 heteroatoms. The third-order valence-electron chi connectivity index (χ3n) is 3.38. The van der Waals surface area contributed by atoms with Gasteiger partial charge in [-0.15, -0.1) is 0 Å². The van der Waals surface area contributed by atoms with E-state index in [-0.39, 0.29) is 23.5 Å². The van der Waals surface area contributed by atoms with Crippen LogP contribution in [0.5, 0.6) is 11.5 Å². The lowest BCUT2D eigenvalue weighted by atomic mass is 10.1. The van der Waals surface area contributed by atoms with Gasteiger partial charge in [0.05, 0.1) is 17.6 Å². The predicted octanol–water partition coefficient (Wildman–Crippen LogP) is 3.34. The summed E-state index contributed by atoms with van der Waals surface area (Å²) in [4.78, 5) is 21.3. The van der Waals surface area contributed by atoms with E-state index in [9.17, 15) is 14.9 Å². The number of hydrogen-bond donors (Lipinski definition) is 2. The van der Waals surface area contributed by atoms with E-state index in [1.54, 1.807) is 18.2 Å². The fourth-order valence-electron chi connectivity index (χ4n) is 2.32. The van der Waals surface area contributed by atoms with Crippen molar-refractivity contribution in [1.29, 1.82) is 0 Å². The maximum atomic E-state index is 11.1. The van der Waals surface area contributed by atoms with Gasteiger partial charge >= 0.3 is 11.7 Å². The number of carboxylic acids is 1. The first-order valence-corrected chi connectivity index (χ1v) is 6.88. The number of nitro benzene ring substituents is 1. The second kappa shape index (κ2) is 5.92. The minimum absolute atomic E-state index is 0.0471. The van der Waals surface area contributed by atoms with E-state index < -0.39 is 10.9 Å². The number of carbonyl (C=O) groups is 1. The number of fused-ring (bicyclic) bond motifs is 1. The van der Waals surface area contributed by atoms with Gasteiger partial charge in [0.1, 0.15) is 11.3 Å². The molecular weight excluding hydrogens is 316 g/mol. The summed E-state index contributed by atoms with van der Waals surface area (Å²) in [5.74, 6) is -0.590. The molecule has 0 aliphatic rings. The van der Waals surface area contributed by atoms with Crippen LogP contribution in [0.25, 0.3) is 11.0 Å². The van der Waals surface area contributed by atoms with Gasteiger partial charge in [0.25, 0.3) is 0 Å². The SMILES string of the molecule is Nc1ccc(Oc2ccc3c(CC(=O)O)coc3c2)c([N+](=O)[O-])c1. The quantitative estimate of drug-likeness (QED) is 0.417. The number of benzene rings is 2. The molecule has 1 aromatic heterocycles. The Bertz CT molecular complexity index is 947. The molecule has 0 aliphatic heterocycles. The van der Waals surface area contributed by atoms with Gasteiger partial charge in [-0.05, 0) is 24.3 Å². The Morgan fingerprint density at radius 1 is 1.29 bits per heavy atom. The molecule has 0 spiro atoms. The van der Waals surface area contributed by atoms with E-state index in [1.165, 1.54) is 24.5 Å². The van der Waals surface area contributed by atoms with Crippen LogP contribution < -0.4 is 10.5 Å². The summed E-state index contributed by atoms with van der Waals surface area (Å²) in [7, 11) is 0. The van der Waals surface area contributed by atoms with Gasteiger partial charge in [-0.1, -0.05) is 0 Å². The van der Waals surface area contributed by atoms with Crippen LogP contribution in [-0.2, 0) is 11.2 Å². The van der Waals surface area contributed by atoms with Gasteiger partial charge < -0.3 is 20.0 Å². The van der Waals surface area contributed by atoms with Crippen molar-refractivity contribution >= 4 is 28.3 Å². The van der Waals surface area contributed by atoms with E-state index in [2.05, 4.69) is 0 Å². The van der Waals surface area contributed by atoms with E-state index in [0.29, 0.717) is 22.3 Å². The zero-order chi connectivity index (χ0) is 17.3. The Labute approximate surface area is 135 Å². The first kappa shape index (κ1) is 15.3. The molecule has 1 heterocycles. The predicted molar refractivity (Wildman–Crippen MR) is 85.1 cm³/mol. The topological polar surface area (TPSA) is 129 Å². The van der Waals surface area contributed by atoms with E-state index >= 15 is 0 Å². The van der Waals surface area contributed by atoms with Crippen molar-refractivity contribution in [2.24, 2.45) is 0 Å². The van der Waals surface area contributed by atoms with Crippen molar-refractivity contribution < 1.29 is 24.0 Å². The highest BCUT2D eigenvalue weighted by Gasteiger charge is 2.17. The smallest absolute Gasteiger partial charge is 0.313 e. The summed E-state index contributed by atoms with van der Waals surface area (Å²) in [6, 6.07) is 8.90. The average Bonchev–Trinajstić information content (AvgIpc) is 2.90. The highest BCUT2D eigenvalue weighted by atomic mass is 16.6. The van der Waals surface area contributed by atoms with E-state index in [4.69, 9.17) is 20.0 Å². The number of furan rings is 1. The molecule has 0 radical (unpaired) electrons. The molecule has 2 aromatic carbocycles. The normalized spacial score (nSPS) is 10.7. The van der Waals surface area contributed by atoms with Crippen molar-refractivity contribution in [2.75, 3.05) is 5.73 Å². The fourth-order valence-corrected chi connectivity index (χ4v) is 2.32. The Kier molecular flexibility index (Phi) is 3.78. The molecule has 0 fully saturated rings. The second-order valence-electron chi connectivity index (χ2n) is 5.08. The highest BCUT2D eigenvalue weighted by Crippen LogP contribution is 2.34. The summed E-state index contributed by atoms with van der Waals surface area (Å²) < 4.78 is 10.9. The number of nitro groups is 1. The van der Waals surface area contributed by atoms with Crippen LogP contribution in [-0.4, -0.2) is 16.0 Å². The van der Waals surface area contributed by atoms with Crippen LogP contribution in [0.4, 0.5) is 11.4 Å². The Hall–Kier alpha value is -3.55. The van der Waals surface area contributed by atoms with Gasteiger partial charge in [-0.2, -0.15) is 0 Å². The lowest BCUT2D eigenvalue weighted by molar-refractivity contribution is -0.385. The number of nitrogen functional groups attached to an aromatic ring is 1. The van der Waals surface area contributed by atoms with Crippen LogP contribution in [0, 0.1) is 10.1 Å². The number of carboxylic acid groups (broad SMARTS) is 1. The number of nitrogens with two attached hydrogens (primary N) is 1. The number of nitrogens with zero attached hydrogens (tertiary/aromatic N) is 1. The molecule has 8 nitrogen and oxygen atoms in total. The maximum absolute atomic E-state index is 11.1. The number of rotatable bonds is 5. The molecule has 0 atom stereocenters. The molecule has 3 aromatic rings. The van der Waals surface area contributed by atoms with Crippen molar-refractivity contribution in [1.82, 2.24) is 0 Å². The van der Waals surface area contributed by atoms with E-state index in [0.717, 1.165) is 0 Å². The molecule has 122 valence electrons. The van der Waals surface area contributed by atoms with Crippen molar-refractivity contribution in [3.63, 3.8) is 0 Å². The zero-order valence-corrected chi connectivity index (χ0v) is 12.3. The second-order valence-corrected chi connectivity index (χ2v) is 5.08. The Balaban J connectivity index is 1.94. The molecule has 3 rings (SSSR count). The summed E-state index contributed by atoms with van der Waals surface area (Å²) >= 11 is 0. The lowest BCUT2D eigenvalue weighted by Gasteiger charge is -2.07. The monoisotopic (exact) mass is 328 g/mol. The molecule has 0 saturated carbocycles. The van der Waals surface area contributed by atoms with Crippen LogP contribution in [0.3, 0.4) is 0 Å². The molecule has 0 unspecified atom stereocenters. The highest BCUT2D eigenvalue weighted by molar-refractivity contribution is 5.86. The molecule has 24 heavy (non-hydrogen) atoms. The molecule has 0 amide bonds. The van der Waals surface area contributed by atoms with Gasteiger partial charge in [-0.25, -0.2) is 0 Å². The minimum Gasteiger partial charge on any atom is -0.481 e. The maximum Gasteiger partial charge on any atom is 0.313 e. The summed E-state index contributed by atoms with van der Waals surface area (Å²) in [6.07, 6.45) is 1.21. The standard InChI is InChI=1S/C16H12N2O6/c17-10-1-4-14(13(6-10)18(21)22)24-11-2-3-12-9(5-16(19)20)8-23-15(12)7-11/h1-4,6-8H,5,17H2,(H,19,20). The summed E-state index contributed by atoms with van der Waals surface area (Å²) in [5, 5.41) is 20.6. The molecule has 0 bridgehead atoms. The van der Waals surface area contributed by atoms with Gasteiger partial charge in [0, 0.05) is 28.8 Å². The number of ether oxygens (including phenoxy) is 1. The lowest BCUT2D eigenvalue weighted by Crippen LogP contribution is -1.98. The molecule has 3 N–H and O–H groups in total. The van der Waals surface area contributed by atoms with E-state index in [1.807, 2.05) is 0 Å². The van der Waals surface area contributed by atoms with Crippen LogP contribution in [0.1, 0.15) is 5.56 Å². The third kappa shape index (κ3) is 2.98. The van der Waals surface area contributed by atoms with Gasteiger partial charge in [0.15, 0.2) is 0 Å². The Morgan fingerprint density at radius 3 is 2.79 bits per heavy atom. The van der Waals surface area contributed by atoms with Gasteiger partial charge in [-0.3, -0.25) is 14.9 Å². The summed E-state index contributed by atoms with van der Waals surface area (Å²) in [5.41, 5.74) is 6.54.